The van der Waals surface area contributed by atoms with Gasteiger partial charge >= 0.3 is 0 Å². The minimum Gasteiger partial charge on any atom is -0.395 e. The zero-order chi connectivity index (χ0) is 7.40. The molecule has 1 heterocycles. The molecule has 0 aromatic heterocycles. The fourth-order valence-corrected chi connectivity index (χ4v) is 2.29. The highest BCUT2D eigenvalue weighted by atomic mass is 32.2. The zero-order valence-electron chi connectivity index (χ0n) is 6.34. The molecule has 2 atom stereocenters. The molecule has 2 N–H and O–H groups in total. The smallest absolute Gasteiger partial charge is 0.0582 e. The Balaban J connectivity index is 2.11. The van der Waals surface area contributed by atoms with E-state index in [1.54, 1.807) is 0 Å². The van der Waals surface area contributed by atoms with Crippen LogP contribution < -0.4 is 5.32 Å². The van der Waals surface area contributed by atoms with E-state index in [0.29, 0.717) is 6.04 Å². The first-order chi connectivity index (χ1) is 4.83. The standard InChI is InChI=1S/C7H15NOS/c1-6(4-9)8-7-2-3-10-5-7/h6-9H,2-5H2,1H3/t6-,7?/m0/s1. The molecule has 0 bridgehead atoms. The Hall–Kier alpha value is 0.270. The summed E-state index contributed by atoms with van der Waals surface area (Å²) in [4.78, 5) is 0. The molecular weight excluding hydrogens is 146 g/mol. The van der Waals surface area contributed by atoms with Crippen molar-refractivity contribution in [1.29, 1.82) is 0 Å². The van der Waals surface area contributed by atoms with Crippen LogP contribution in [0.15, 0.2) is 0 Å². The van der Waals surface area contributed by atoms with Crippen molar-refractivity contribution in [3.8, 4) is 0 Å². The third-order valence-corrected chi connectivity index (χ3v) is 2.89. The first kappa shape index (κ1) is 8.37. The molecule has 1 aliphatic rings. The molecule has 2 nitrogen and oxygen atoms in total. The molecule has 3 heteroatoms. The van der Waals surface area contributed by atoms with Gasteiger partial charge in [0.25, 0.3) is 0 Å². The molecule has 0 spiro atoms. The van der Waals surface area contributed by atoms with Gasteiger partial charge in [-0.1, -0.05) is 0 Å². The fourth-order valence-electron chi connectivity index (χ4n) is 1.12. The van der Waals surface area contributed by atoms with Gasteiger partial charge in [-0.25, -0.2) is 0 Å². The van der Waals surface area contributed by atoms with Crippen LogP contribution in [0.4, 0.5) is 0 Å². The quantitative estimate of drug-likeness (QED) is 0.631. The van der Waals surface area contributed by atoms with Crippen molar-refractivity contribution in [2.75, 3.05) is 18.1 Å². The zero-order valence-corrected chi connectivity index (χ0v) is 7.16. The predicted molar refractivity (Wildman–Crippen MR) is 45.4 cm³/mol. The summed E-state index contributed by atoms with van der Waals surface area (Å²) in [6.07, 6.45) is 1.26. The number of nitrogens with one attached hydrogen (secondary N) is 1. The van der Waals surface area contributed by atoms with Gasteiger partial charge in [0.1, 0.15) is 0 Å². The highest BCUT2D eigenvalue weighted by Gasteiger charge is 2.16. The van der Waals surface area contributed by atoms with E-state index in [1.807, 2.05) is 18.7 Å². The van der Waals surface area contributed by atoms with Crippen LogP contribution in [0.1, 0.15) is 13.3 Å². The van der Waals surface area contributed by atoms with Gasteiger partial charge in [0.05, 0.1) is 6.61 Å². The van der Waals surface area contributed by atoms with Gasteiger partial charge < -0.3 is 10.4 Å². The van der Waals surface area contributed by atoms with Gasteiger partial charge in [-0.2, -0.15) is 11.8 Å². The summed E-state index contributed by atoms with van der Waals surface area (Å²) in [7, 11) is 0. The molecule has 1 rings (SSSR count). The lowest BCUT2D eigenvalue weighted by Gasteiger charge is -2.15. The van der Waals surface area contributed by atoms with Gasteiger partial charge in [0.2, 0.25) is 0 Å². The van der Waals surface area contributed by atoms with Crippen molar-refractivity contribution in [2.24, 2.45) is 0 Å². The monoisotopic (exact) mass is 161 g/mol. The molecule has 0 aliphatic carbocycles. The molecule has 0 aromatic rings. The summed E-state index contributed by atoms with van der Waals surface area (Å²) in [6, 6.07) is 0.913. The minimum absolute atomic E-state index is 0.251. The minimum atomic E-state index is 0.251. The van der Waals surface area contributed by atoms with E-state index in [9.17, 15) is 0 Å². The number of hydrogen-bond acceptors (Lipinski definition) is 3. The molecule has 1 saturated heterocycles. The highest BCUT2D eigenvalue weighted by Crippen LogP contribution is 2.17. The van der Waals surface area contributed by atoms with Crippen molar-refractivity contribution < 1.29 is 5.11 Å². The van der Waals surface area contributed by atoms with Crippen LogP contribution >= 0.6 is 11.8 Å². The van der Waals surface area contributed by atoms with Gasteiger partial charge in [0, 0.05) is 17.8 Å². The molecular formula is C7H15NOS. The average Bonchev–Trinajstić information content (AvgIpc) is 2.40. The Kier molecular flexibility index (Phi) is 3.52. The van der Waals surface area contributed by atoms with Crippen molar-refractivity contribution in [2.45, 2.75) is 25.4 Å². The summed E-state index contributed by atoms with van der Waals surface area (Å²) in [5.41, 5.74) is 0. The van der Waals surface area contributed by atoms with Crippen molar-refractivity contribution in [3.05, 3.63) is 0 Å². The van der Waals surface area contributed by atoms with E-state index in [0.717, 1.165) is 0 Å². The maximum Gasteiger partial charge on any atom is 0.0582 e. The van der Waals surface area contributed by atoms with Crippen LogP contribution in [-0.2, 0) is 0 Å². The second-order valence-electron chi connectivity index (χ2n) is 2.81. The lowest BCUT2D eigenvalue weighted by Crippen LogP contribution is -2.38. The SMILES string of the molecule is C[C@@H](CO)NC1CCSC1. The Morgan fingerprint density at radius 3 is 3.10 bits per heavy atom. The maximum atomic E-state index is 8.73. The lowest BCUT2D eigenvalue weighted by molar-refractivity contribution is 0.243. The molecule has 0 radical (unpaired) electrons. The van der Waals surface area contributed by atoms with Crippen molar-refractivity contribution in [3.63, 3.8) is 0 Å². The highest BCUT2D eigenvalue weighted by molar-refractivity contribution is 7.99. The molecule has 1 unspecified atom stereocenters. The van der Waals surface area contributed by atoms with Gasteiger partial charge in [-0.3, -0.25) is 0 Å². The van der Waals surface area contributed by atoms with Crippen LogP contribution in [-0.4, -0.2) is 35.3 Å². The first-order valence-electron chi connectivity index (χ1n) is 3.77. The summed E-state index contributed by atoms with van der Waals surface area (Å²) in [6.45, 7) is 2.27. The van der Waals surface area contributed by atoms with Crippen LogP contribution in [0.5, 0.6) is 0 Å². The number of aliphatic hydroxyl groups is 1. The van der Waals surface area contributed by atoms with Crippen LogP contribution in [0.2, 0.25) is 0 Å². The number of hydrogen-bond donors (Lipinski definition) is 2. The Morgan fingerprint density at radius 1 is 1.80 bits per heavy atom. The number of aliphatic hydroxyl groups excluding tert-OH is 1. The summed E-state index contributed by atoms with van der Waals surface area (Å²) >= 11 is 1.99. The topological polar surface area (TPSA) is 32.3 Å². The predicted octanol–water partition coefficient (Wildman–Crippen LogP) is 0.462. The van der Waals surface area contributed by atoms with Crippen molar-refractivity contribution in [1.82, 2.24) is 5.32 Å². The maximum absolute atomic E-state index is 8.73. The van der Waals surface area contributed by atoms with E-state index in [4.69, 9.17) is 5.11 Å². The third kappa shape index (κ3) is 2.48. The molecule has 10 heavy (non-hydrogen) atoms. The first-order valence-corrected chi connectivity index (χ1v) is 4.93. The molecule has 60 valence electrons. The molecule has 0 aromatic carbocycles. The third-order valence-electron chi connectivity index (χ3n) is 1.72. The molecule has 0 saturated carbocycles. The van der Waals surface area contributed by atoms with Gasteiger partial charge in [-0.05, 0) is 19.1 Å². The van der Waals surface area contributed by atoms with Crippen LogP contribution in [0, 0.1) is 0 Å². The Bertz CT molecular complexity index is 93.6. The number of rotatable bonds is 3. The Morgan fingerprint density at radius 2 is 2.60 bits per heavy atom. The fraction of sp³-hybridized carbons (Fsp3) is 1.00. The largest absolute Gasteiger partial charge is 0.395 e. The summed E-state index contributed by atoms with van der Waals surface area (Å²) in [5.74, 6) is 2.49. The Labute approximate surface area is 66.4 Å². The van der Waals surface area contributed by atoms with Gasteiger partial charge in [0.15, 0.2) is 0 Å². The van der Waals surface area contributed by atoms with E-state index >= 15 is 0 Å². The van der Waals surface area contributed by atoms with E-state index in [2.05, 4.69) is 5.32 Å². The average molecular weight is 161 g/mol. The molecule has 1 fully saturated rings. The second kappa shape index (κ2) is 4.21. The van der Waals surface area contributed by atoms with Crippen LogP contribution in [0.25, 0.3) is 0 Å². The van der Waals surface area contributed by atoms with Crippen LogP contribution in [0.3, 0.4) is 0 Å². The number of thioether (sulfide) groups is 1. The van der Waals surface area contributed by atoms with E-state index in [-0.39, 0.29) is 12.6 Å². The normalized spacial score (nSPS) is 28.8. The second-order valence-corrected chi connectivity index (χ2v) is 3.96. The van der Waals surface area contributed by atoms with Gasteiger partial charge in [-0.15, -0.1) is 0 Å². The van der Waals surface area contributed by atoms with E-state index < -0.39 is 0 Å². The molecule has 0 amide bonds. The summed E-state index contributed by atoms with van der Waals surface area (Å²) < 4.78 is 0. The van der Waals surface area contributed by atoms with E-state index in [1.165, 1.54) is 17.9 Å². The van der Waals surface area contributed by atoms with Crippen molar-refractivity contribution >= 4 is 11.8 Å². The lowest BCUT2D eigenvalue weighted by atomic mass is 10.2. The summed E-state index contributed by atoms with van der Waals surface area (Å²) in [5, 5.41) is 12.1. The molecule has 1 aliphatic heterocycles.